The molecule has 0 amide bonds. The molecule has 0 aromatic rings. The van der Waals surface area contributed by atoms with Crippen molar-refractivity contribution in [1.29, 1.82) is 0 Å². The first-order valence-corrected chi connectivity index (χ1v) is 6.65. The summed E-state index contributed by atoms with van der Waals surface area (Å²) in [6.07, 6.45) is 3.97. The first kappa shape index (κ1) is 12.3. The van der Waals surface area contributed by atoms with Crippen molar-refractivity contribution in [2.24, 2.45) is 11.1 Å². The highest BCUT2D eigenvalue weighted by Gasteiger charge is 2.51. The van der Waals surface area contributed by atoms with Gasteiger partial charge in [-0.1, -0.05) is 20.3 Å². The maximum Gasteiger partial charge on any atom is 0.0383 e. The molecule has 1 aliphatic carbocycles. The van der Waals surface area contributed by atoms with E-state index >= 15 is 0 Å². The van der Waals surface area contributed by atoms with Crippen LogP contribution in [0, 0.1) is 5.41 Å². The lowest BCUT2D eigenvalue weighted by molar-refractivity contribution is -0.0153. The molecule has 0 aromatic heterocycles. The van der Waals surface area contributed by atoms with Crippen LogP contribution in [0.3, 0.4) is 0 Å². The van der Waals surface area contributed by atoms with Crippen molar-refractivity contribution in [2.45, 2.75) is 38.6 Å². The number of hydrogen-bond acceptors (Lipinski definition) is 3. The highest BCUT2D eigenvalue weighted by atomic mass is 15.3. The summed E-state index contributed by atoms with van der Waals surface area (Å²) < 4.78 is 0. The van der Waals surface area contributed by atoms with Gasteiger partial charge >= 0.3 is 0 Å². The van der Waals surface area contributed by atoms with Crippen LogP contribution in [-0.4, -0.2) is 55.1 Å². The molecule has 0 bridgehead atoms. The zero-order valence-electron chi connectivity index (χ0n) is 11.1. The Morgan fingerprint density at radius 1 is 1.06 bits per heavy atom. The number of hydrogen-bond donors (Lipinski definition) is 1. The smallest absolute Gasteiger partial charge is 0.0383 e. The molecular formula is C13H27N3. The van der Waals surface area contributed by atoms with Gasteiger partial charge in [0.05, 0.1) is 0 Å². The number of piperazine rings is 1. The molecule has 0 spiro atoms. The summed E-state index contributed by atoms with van der Waals surface area (Å²) >= 11 is 0. The summed E-state index contributed by atoms with van der Waals surface area (Å²) in [4.78, 5) is 5.10. The van der Waals surface area contributed by atoms with Crippen LogP contribution in [-0.2, 0) is 0 Å². The lowest BCUT2D eigenvalue weighted by atomic mass is 9.73. The van der Waals surface area contributed by atoms with Gasteiger partial charge in [0, 0.05) is 38.3 Å². The van der Waals surface area contributed by atoms with Crippen molar-refractivity contribution in [3.8, 4) is 0 Å². The van der Waals surface area contributed by atoms with Crippen molar-refractivity contribution < 1.29 is 0 Å². The molecule has 2 fully saturated rings. The van der Waals surface area contributed by atoms with Gasteiger partial charge in [0.1, 0.15) is 0 Å². The summed E-state index contributed by atoms with van der Waals surface area (Å²) in [6, 6.07) is 0. The minimum absolute atomic E-state index is 0.272. The van der Waals surface area contributed by atoms with E-state index in [9.17, 15) is 0 Å². The maximum atomic E-state index is 6.15. The van der Waals surface area contributed by atoms with Crippen LogP contribution < -0.4 is 5.73 Å². The minimum atomic E-state index is 0.272. The molecule has 2 N–H and O–H groups in total. The van der Waals surface area contributed by atoms with E-state index in [-0.39, 0.29) is 5.54 Å². The van der Waals surface area contributed by atoms with E-state index in [1.165, 1.54) is 45.4 Å². The molecule has 1 saturated heterocycles. The Hall–Kier alpha value is -0.120. The summed E-state index contributed by atoms with van der Waals surface area (Å²) in [5, 5.41) is 0. The molecule has 16 heavy (non-hydrogen) atoms. The minimum Gasteiger partial charge on any atom is -0.329 e. The van der Waals surface area contributed by atoms with Crippen LogP contribution in [0.2, 0.25) is 0 Å². The van der Waals surface area contributed by atoms with E-state index in [1.807, 2.05) is 0 Å². The first-order valence-electron chi connectivity index (χ1n) is 6.65. The predicted molar refractivity (Wildman–Crippen MR) is 68.5 cm³/mol. The molecule has 0 radical (unpaired) electrons. The molecular weight excluding hydrogens is 198 g/mol. The number of rotatable bonds is 2. The topological polar surface area (TPSA) is 32.5 Å². The Kier molecular flexibility index (Phi) is 3.30. The van der Waals surface area contributed by atoms with Crippen LogP contribution in [0.1, 0.15) is 33.1 Å². The predicted octanol–water partition coefficient (Wildman–Crippen LogP) is 1.14. The van der Waals surface area contributed by atoms with E-state index in [2.05, 4.69) is 30.7 Å². The van der Waals surface area contributed by atoms with Gasteiger partial charge in [-0.05, 0) is 25.3 Å². The van der Waals surface area contributed by atoms with Crippen molar-refractivity contribution in [3.63, 3.8) is 0 Å². The van der Waals surface area contributed by atoms with Crippen molar-refractivity contribution in [3.05, 3.63) is 0 Å². The second-order valence-electron chi connectivity index (χ2n) is 6.26. The molecule has 1 heterocycles. The van der Waals surface area contributed by atoms with Crippen LogP contribution in [0.5, 0.6) is 0 Å². The van der Waals surface area contributed by atoms with Gasteiger partial charge < -0.3 is 10.6 Å². The number of nitrogens with two attached hydrogens (primary N) is 1. The van der Waals surface area contributed by atoms with E-state index in [4.69, 9.17) is 5.73 Å². The lowest BCUT2D eigenvalue weighted by Crippen LogP contribution is -2.64. The van der Waals surface area contributed by atoms with E-state index in [0.717, 1.165) is 6.54 Å². The normalized spacial score (nSPS) is 36.8. The SMILES string of the molecule is CN1CCN(C2(CN)CCCC2(C)C)CC1. The second-order valence-corrected chi connectivity index (χ2v) is 6.26. The second kappa shape index (κ2) is 4.28. The lowest BCUT2D eigenvalue weighted by Gasteiger charge is -2.52. The molecule has 1 saturated carbocycles. The quantitative estimate of drug-likeness (QED) is 0.765. The van der Waals surface area contributed by atoms with E-state index < -0.39 is 0 Å². The third-order valence-corrected chi connectivity index (χ3v) is 5.10. The molecule has 0 aromatic carbocycles. The van der Waals surface area contributed by atoms with Crippen LogP contribution in [0.15, 0.2) is 0 Å². The standard InChI is InChI=1S/C13H27N3/c1-12(2)5-4-6-13(12,11-14)16-9-7-15(3)8-10-16/h4-11,14H2,1-3H3. The van der Waals surface area contributed by atoms with Gasteiger partial charge in [0.25, 0.3) is 0 Å². The van der Waals surface area contributed by atoms with Gasteiger partial charge in [-0.15, -0.1) is 0 Å². The fourth-order valence-electron chi connectivity index (χ4n) is 3.72. The first-order chi connectivity index (χ1) is 7.52. The van der Waals surface area contributed by atoms with Crippen LogP contribution in [0.4, 0.5) is 0 Å². The number of nitrogens with zero attached hydrogens (tertiary/aromatic N) is 2. The third-order valence-electron chi connectivity index (χ3n) is 5.10. The van der Waals surface area contributed by atoms with Gasteiger partial charge in [0.2, 0.25) is 0 Å². The summed E-state index contributed by atoms with van der Waals surface area (Å²) in [5.41, 5.74) is 6.81. The van der Waals surface area contributed by atoms with Crippen molar-refractivity contribution in [1.82, 2.24) is 9.80 Å². The average Bonchev–Trinajstić information content (AvgIpc) is 2.55. The van der Waals surface area contributed by atoms with Crippen molar-refractivity contribution >= 4 is 0 Å². The monoisotopic (exact) mass is 225 g/mol. The third kappa shape index (κ3) is 1.79. The maximum absolute atomic E-state index is 6.15. The molecule has 1 unspecified atom stereocenters. The molecule has 3 heteroatoms. The fourth-order valence-corrected chi connectivity index (χ4v) is 3.72. The van der Waals surface area contributed by atoms with Crippen LogP contribution in [0.25, 0.3) is 0 Å². The number of likely N-dealkylation sites (N-methyl/N-ethyl adjacent to an activating group) is 1. The highest BCUT2D eigenvalue weighted by Crippen LogP contribution is 2.49. The molecule has 2 aliphatic rings. The Bertz CT molecular complexity index is 244. The summed E-state index contributed by atoms with van der Waals surface area (Å²) in [7, 11) is 2.21. The van der Waals surface area contributed by atoms with Gasteiger partial charge in [-0.25, -0.2) is 0 Å². The van der Waals surface area contributed by atoms with Gasteiger partial charge in [-0.2, -0.15) is 0 Å². The molecule has 94 valence electrons. The zero-order valence-corrected chi connectivity index (χ0v) is 11.1. The Morgan fingerprint density at radius 2 is 1.69 bits per heavy atom. The molecule has 1 atom stereocenters. The van der Waals surface area contributed by atoms with Crippen LogP contribution >= 0.6 is 0 Å². The van der Waals surface area contributed by atoms with E-state index in [1.54, 1.807) is 0 Å². The van der Waals surface area contributed by atoms with Gasteiger partial charge in [0.15, 0.2) is 0 Å². The molecule has 3 nitrogen and oxygen atoms in total. The zero-order chi connectivity index (χ0) is 11.8. The highest BCUT2D eigenvalue weighted by molar-refractivity contribution is 5.07. The molecule has 2 rings (SSSR count). The van der Waals surface area contributed by atoms with E-state index in [0.29, 0.717) is 5.41 Å². The Morgan fingerprint density at radius 3 is 2.12 bits per heavy atom. The Balaban J connectivity index is 2.15. The van der Waals surface area contributed by atoms with Gasteiger partial charge in [-0.3, -0.25) is 4.90 Å². The average molecular weight is 225 g/mol. The summed E-state index contributed by atoms with van der Waals surface area (Å²) in [6.45, 7) is 10.4. The summed E-state index contributed by atoms with van der Waals surface area (Å²) in [5.74, 6) is 0. The van der Waals surface area contributed by atoms with Crippen molar-refractivity contribution in [2.75, 3.05) is 39.8 Å². The Labute approximate surface area is 100.0 Å². The largest absolute Gasteiger partial charge is 0.329 e. The fraction of sp³-hybridized carbons (Fsp3) is 1.00. The molecule has 1 aliphatic heterocycles.